The summed E-state index contributed by atoms with van der Waals surface area (Å²) in [5.74, 6) is 0.276. The van der Waals surface area contributed by atoms with E-state index in [1.165, 1.54) is 10.9 Å². The van der Waals surface area contributed by atoms with Gasteiger partial charge in [-0.25, -0.2) is 0 Å². The Kier molecular flexibility index (Phi) is 6.17. The van der Waals surface area contributed by atoms with Gasteiger partial charge in [0.05, 0.1) is 23.0 Å². The van der Waals surface area contributed by atoms with E-state index in [-0.39, 0.29) is 11.8 Å². The van der Waals surface area contributed by atoms with Crippen LogP contribution in [0.15, 0.2) is 73.1 Å². The number of fused-ring (bicyclic) bond motifs is 1. The number of hydrogen-bond donors (Lipinski definition) is 1. The maximum Gasteiger partial charge on any atom is 0.257 e. The standard InChI is InChI=1S/C27H29N5O/c1-31(17-20-8-3-2-4-9-20)27(33)24-16-29-30-26(24)22-11-7-15-32(19-22)18-21-10-5-13-25-23(21)12-6-14-28-25/h2-6,8-10,12-14,16,22H,7,11,15,17-19H2,1H3,(H,29,30)/t22-/m0/s1. The average molecular weight is 440 g/mol. The SMILES string of the molecule is CN(Cc1ccccc1)C(=O)c1cn[nH]c1[C@H]1CCCN(Cc2cccc3ncccc23)C1. The number of hydrogen-bond acceptors (Lipinski definition) is 4. The smallest absolute Gasteiger partial charge is 0.257 e. The average Bonchev–Trinajstić information content (AvgIpc) is 3.35. The summed E-state index contributed by atoms with van der Waals surface area (Å²) in [6.45, 7) is 3.42. The van der Waals surface area contributed by atoms with Crippen LogP contribution in [0.2, 0.25) is 0 Å². The van der Waals surface area contributed by atoms with Gasteiger partial charge in [0.2, 0.25) is 0 Å². The molecule has 0 spiro atoms. The Morgan fingerprint density at radius 3 is 2.88 bits per heavy atom. The number of carbonyl (C=O) groups excluding carboxylic acids is 1. The molecule has 1 saturated heterocycles. The van der Waals surface area contributed by atoms with Gasteiger partial charge in [0.15, 0.2) is 0 Å². The number of H-pyrrole nitrogens is 1. The largest absolute Gasteiger partial charge is 0.337 e. The minimum absolute atomic E-state index is 0.0138. The van der Waals surface area contributed by atoms with E-state index >= 15 is 0 Å². The molecule has 1 aliphatic heterocycles. The highest BCUT2D eigenvalue weighted by Gasteiger charge is 2.28. The Morgan fingerprint density at radius 1 is 1.12 bits per heavy atom. The Morgan fingerprint density at radius 2 is 2.00 bits per heavy atom. The van der Waals surface area contributed by atoms with Gasteiger partial charge in [-0.3, -0.25) is 19.8 Å². The van der Waals surface area contributed by atoms with Crippen molar-refractivity contribution in [2.45, 2.75) is 31.8 Å². The van der Waals surface area contributed by atoms with E-state index in [1.807, 2.05) is 49.6 Å². The highest BCUT2D eigenvalue weighted by atomic mass is 16.2. The second kappa shape index (κ2) is 9.55. The van der Waals surface area contributed by atoms with E-state index in [0.29, 0.717) is 12.1 Å². The van der Waals surface area contributed by atoms with Crippen molar-refractivity contribution in [2.24, 2.45) is 0 Å². The van der Waals surface area contributed by atoms with Gasteiger partial charge in [-0.15, -0.1) is 0 Å². The number of aromatic amines is 1. The van der Waals surface area contributed by atoms with Gasteiger partial charge in [-0.1, -0.05) is 48.5 Å². The van der Waals surface area contributed by atoms with Gasteiger partial charge in [0, 0.05) is 44.2 Å². The van der Waals surface area contributed by atoms with Crippen molar-refractivity contribution in [2.75, 3.05) is 20.1 Å². The molecule has 6 heteroatoms. The normalized spacial score (nSPS) is 16.7. The summed E-state index contributed by atoms with van der Waals surface area (Å²) in [5, 5.41) is 8.62. The van der Waals surface area contributed by atoms with E-state index in [4.69, 9.17) is 0 Å². The number of benzene rings is 2. The fraction of sp³-hybridized carbons (Fsp3) is 0.296. The van der Waals surface area contributed by atoms with Crippen LogP contribution in [0.5, 0.6) is 0 Å². The zero-order valence-electron chi connectivity index (χ0n) is 18.9. The Hall–Kier alpha value is -3.51. The summed E-state index contributed by atoms with van der Waals surface area (Å²) in [7, 11) is 1.85. The Balaban J connectivity index is 1.30. The highest BCUT2D eigenvalue weighted by Crippen LogP contribution is 2.30. The van der Waals surface area contributed by atoms with Crippen molar-refractivity contribution < 1.29 is 4.79 Å². The molecule has 2 aromatic carbocycles. The lowest BCUT2D eigenvalue weighted by Crippen LogP contribution is -2.35. The van der Waals surface area contributed by atoms with Crippen LogP contribution in [-0.4, -0.2) is 51.0 Å². The van der Waals surface area contributed by atoms with Crippen LogP contribution in [-0.2, 0) is 13.1 Å². The summed E-state index contributed by atoms with van der Waals surface area (Å²) >= 11 is 0. The fourth-order valence-corrected chi connectivity index (χ4v) is 4.89. The van der Waals surface area contributed by atoms with E-state index in [0.717, 1.165) is 49.2 Å². The molecule has 0 unspecified atom stereocenters. The Bertz CT molecular complexity index is 1230. The molecule has 0 radical (unpaired) electrons. The van der Waals surface area contributed by atoms with Gasteiger partial charge in [0.25, 0.3) is 5.91 Å². The van der Waals surface area contributed by atoms with Crippen LogP contribution in [0.25, 0.3) is 10.9 Å². The number of piperidine rings is 1. The van der Waals surface area contributed by atoms with Crippen molar-refractivity contribution in [3.05, 3.63) is 95.4 Å². The zero-order chi connectivity index (χ0) is 22.6. The molecule has 3 heterocycles. The summed E-state index contributed by atoms with van der Waals surface area (Å²) in [5.41, 5.74) is 5.10. The molecule has 2 aromatic heterocycles. The first kappa shape index (κ1) is 21.3. The van der Waals surface area contributed by atoms with Crippen molar-refractivity contribution in [3.8, 4) is 0 Å². The van der Waals surface area contributed by atoms with Gasteiger partial charge in [-0.05, 0) is 42.6 Å². The molecule has 6 nitrogen and oxygen atoms in total. The predicted octanol–water partition coefficient (Wildman–Crippen LogP) is 4.61. The molecule has 0 bridgehead atoms. The van der Waals surface area contributed by atoms with Crippen molar-refractivity contribution >= 4 is 16.8 Å². The van der Waals surface area contributed by atoms with Crippen LogP contribution in [0, 0.1) is 0 Å². The molecular weight excluding hydrogens is 410 g/mol. The number of aromatic nitrogens is 3. The van der Waals surface area contributed by atoms with Gasteiger partial charge >= 0.3 is 0 Å². The molecular formula is C27H29N5O. The van der Waals surface area contributed by atoms with Gasteiger partial charge in [0.1, 0.15) is 0 Å². The molecule has 1 N–H and O–H groups in total. The third-order valence-electron chi connectivity index (χ3n) is 6.55. The number of likely N-dealkylation sites (tertiary alicyclic amines) is 1. The lowest BCUT2D eigenvalue weighted by atomic mass is 9.91. The number of amides is 1. The summed E-state index contributed by atoms with van der Waals surface area (Å²) in [6.07, 6.45) is 5.68. The summed E-state index contributed by atoms with van der Waals surface area (Å²) in [4.78, 5) is 22.0. The second-order valence-corrected chi connectivity index (χ2v) is 8.91. The third-order valence-corrected chi connectivity index (χ3v) is 6.55. The minimum atomic E-state index is 0.0138. The van der Waals surface area contributed by atoms with Crippen molar-refractivity contribution in [3.63, 3.8) is 0 Å². The van der Waals surface area contributed by atoms with E-state index in [1.54, 1.807) is 11.1 Å². The lowest BCUT2D eigenvalue weighted by Gasteiger charge is -2.33. The van der Waals surface area contributed by atoms with Crippen LogP contribution in [0.4, 0.5) is 0 Å². The third kappa shape index (κ3) is 4.66. The first-order chi connectivity index (χ1) is 16.2. The number of nitrogens with zero attached hydrogens (tertiary/aromatic N) is 4. The molecule has 5 rings (SSSR count). The summed E-state index contributed by atoms with van der Waals surface area (Å²) in [6, 6.07) is 20.6. The number of carbonyl (C=O) groups is 1. The molecule has 1 aliphatic rings. The molecule has 168 valence electrons. The van der Waals surface area contributed by atoms with Crippen LogP contribution < -0.4 is 0 Å². The van der Waals surface area contributed by atoms with E-state index < -0.39 is 0 Å². The first-order valence-electron chi connectivity index (χ1n) is 11.6. The topological polar surface area (TPSA) is 65.1 Å². The second-order valence-electron chi connectivity index (χ2n) is 8.91. The molecule has 1 atom stereocenters. The number of rotatable bonds is 6. The highest BCUT2D eigenvalue weighted by molar-refractivity contribution is 5.95. The van der Waals surface area contributed by atoms with E-state index in [9.17, 15) is 4.79 Å². The molecule has 33 heavy (non-hydrogen) atoms. The molecule has 1 amide bonds. The quantitative estimate of drug-likeness (QED) is 0.477. The first-order valence-corrected chi connectivity index (χ1v) is 11.6. The predicted molar refractivity (Wildman–Crippen MR) is 130 cm³/mol. The fourth-order valence-electron chi connectivity index (χ4n) is 4.89. The number of nitrogens with one attached hydrogen (secondary N) is 1. The van der Waals surface area contributed by atoms with Crippen molar-refractivity contribution in [1.29, 1.82) is 0 Å². The van der Waals surface area contributed by atoms with Crippen LogP contribution >= 0.6 is 0 Å². The molecule has 0 aliphatic carbocycles. The molecule has 0 saturated carbocycles. The minimum Gasteiger partial charge on any atom is -0.337 e. The van der Waals surface area contributed by atoms with Crippen molar-refractivity contribution in [1.82, 2.24) is 25.0 Å². The Labute approximate surface area is 194 Å². The molecule has 1 fully saturated rings. The maximum atomic E-state index is 13.2. The van der Waals surface area contributed by atoms with Crippen LogP contribution in [0.1, 0.15) is 45.9 Å². The van der Waals surface area contributed by atoms with E-state index in [2.05, 4.69) is 44.3 Å². The van der Waals surface area contributed by atoms with Crippen LogP contribution in [0.3, 0.4) is 0 Å². The zero-order valence-corrected chi connectivity index (χ0v) is 18.9. The molecule has 4 aromatic rings. The lowest BCUT2D eigenvalue weighted by molar-refractivity contribution is 0.0782. The van der Waals surface area contributed by atoms with Gasteiger partial charge in [-0.2, -0.15) is 5.10 Å². The summed E-state index contributed by atoms with van der Waals surface area (Å²) < 4.78 is 0. The maximum absolute atomic E-state index is 13.2. The monoisotopic (exact) mass is 439 g/mol. The number of pyridine rings is 1. The van der Waals surface area contributed by atoms with Gasteiger partial charge < -0.3 is 4.90 Å².